The highest BCUT2D eigenvalue weighted by Crippen LogP contribution is 2.03. The first-order chi connectivity index (χ1) is 8.63. The van der Waals surface area contributed by atoms with E-state index in [-0.39, 0.29) is 5.91 Å². The number of hydrogen-bond donors (Lipinski definition) is 2. The molecule has 0 saturated carbocycles. The number of nitrogens with one attached hydrogen (secondary N) is 2. The van der Waals surface area contributed by atoms with E-state index in [2.05, 4.69) is 32.1 Å². The molecule has 0 bridgehead atoms. The molecule has 1 amide bonds. The van der Waals surface area contributed by atoms with Crippen LogP contribution in [0.2, 0.25) is 0 Å². The van der Waals surface area contributed by atoms with Gasteiger partial charge in [-0.15, -0.1) is 6.58 Å². The van der Waals surface area contributed by atoms with Gasteiger partial charge in [0.05, 0.1) is 0 Å². The Labute approximate surface area is 107 Å². The standard InChI is InChI=1S/C12H19N5O/c1-4-5-14-12(18)10-8-11(16-9-15-10)13-6-7-17(2)3/h4,8-9H,1,5-7H2,2-3H3,(H,14,18)(H,13,15,16). The Morgan fingerprint density at radius 3 is 2.94 bits per heavy atom. The van der Waals surface area contributed by atoms with Crippen molar-refractivity contribution in [3.63, 3.8) is 0 Å². The van der Waals surface area contributed by atoms with Gasteiger partial charge in [0.15, 0.2) is 0 Å². The maximum Gasteiger partial charge on any atom is 0.270 e. The Balaban J connectivity index is 2.55. The molecule has 18 heavy (non-hydrogen) atoms. The zero-order chi connectivity index (χ0) is 13.4. The van der Waals surface area contributed by atoms with Gasteiger partial charge < -0.3 is 15.5 Å². The molecule has 6 heteroatoms. The van der Waals surface area contributed by atoms with E-state index in [1.807, 2.05) is 14.1 Å². The molecule has 0 atom stereocenters. The van der Waals surface area contributed by atoms with E-state index >= 15 is 0 Å². The number of carbonyl (C=O) groups excluding carboxylic acids is 1. The summed E-state index contributed by atoms with van der Waals surface area (Å²) in [5.74, 6) is 0.420. The summed E-state index contributed by atoms with van der Waals surface area (Å²) in [7, 11) is 3.99. The number of carbonyl (C=O) groups is 1. The van der Waals surface area contributed by atoms with Gasteiger partial charge in [-0.1, -0.05) is 6.08 Å². The highest BCUT2D eigenvalue weighted by Gasteiger charge is 2.07. The van der Waals surface area contributed by atoms with Crippen molar-refractivity contribution >= 4 is 11.7 Å². The first kappa shape index (κ1) is 14.1. The number of rotatable bonds is 7. The fourth-order valence-electron chi connectivity index (χ4n) is 1.24. The number of aromatic nitrogens is 2. The van der Waals surface area contributed by atoms with E-state index in [0.717, 1.165) is 13.1 Å². The van der Waals surface area contributed by atoms with Crippen LogP contribution in [0.3, 0.4) is 0 Å². The summed E-state index contributed by atoms with van der Waals surface area (Å²) < 4.78 is 0. The summed E-state index contributed by atoms with van der Waals surface area (Å²) in [6.45, 7) is 5.61. The van der Waals surface area contributed by atoms with Gasteiger partial charge in [-0.05, 0) is 14.1 Å². The van der Waals surface area contributed by atoms with Crippen LogP contribution < -0.4 is 10.6 Å². The Morgan fingerprint density at radius 1 is 1.50 bits per heavy atom. The van der Waals surface area contributed by atoms with Crippen molar-refractivity contribution in [2.75, 3.05) is 39.0 Å². The Morgan fingerprint density at radius 2 is 2.28 bits per heavy atom. The predicted molar refractivity (Wildman–Crippen MR) is 71.6 cm³/mol. The van der Waals surface area contributed by atoms with Crippen LogP contribution in [-0.2, 0) is 0 Å². The molecule has 0 aliphatic carbocycles. The summed E-state index contributed by atoms with van der Waals surface area (Å²) in [4.78, 5) is 21.7. The van der Waals surface area contributed by atoms with Crippen LogP contribution in [0.15, 0.2) is 25.0 Å². The molecule has 1 rings (SSSR count). The molecule has 0 fully saturated rings. The van der Waals surface area contributed by atoms with Crippen molar-refractivity contribution in [1.82, 2.24) is 20.2 Å². The third-order valence-electron chi connectivity index (χ3n) is 2.17. The van der Waals surface area contributed by atoms with Crippen LogP contribution in [0.4, 0.5) is 5.82 Å². The van der Waals surface area contributed by atoms with Gasteiger partial charge in [-0.25, -0.2) is 9.97 Å². The molecule has 1 aromatic rings. The van der Waals surface area contributed by atoms with Crippen molar-refractivity contribution in [3.8, 4) is 0 Å². The first-order valence-electron chi connectivity index (χ1n) is 5.73. The molecule has 2 N–H and O–H groups in total. The lowest BCUT2D eigenvalue weighted by Gasteiger charge is -2.11. The Bertz CT molecular complexity index is 405. The Hall–Kier alpha value is -1.95. The molecule has 0 spiro atoms. The largest absolute Gasteiger partial charge is 0.369 e. The topological polar surface area (TPSA) is 70.2 Å². The highest BCUT2D eigenvalue weighted by atomic mass is 16.1. The van der Waals surface area contributed by atoms with Gasteiger partial charge in [-0.2, -0.15) is 0 Å². The van der Waals surface area contributed by atoms with Crippen molar-refractivity contribution in [1.29, 1.82) is 0 Å². The van der Waals surface area contributed by atoms with Crippen LogP contribution in [0.1, 0.15) is 10.5 Å². The molecule has 6 nitrogen and oxygen atoms in total. The molecule has 0 unspecified atom stereocenters. The second-order valence-electron chi connectivity index (χ2n) is 4.02. The average Bonchev–Trinajstić information content (AvgIpc) is 2.36. The quantitative estimate of drug-likeness (QED) is 0.683. The average molecular weight is 249 g/mol. The monoisotopic (exact) mass is 249 g/mol. The number of amides is 1. The highest BCUT2D eigenvalue weighted by molar-refractivity contribution is 5.92. The minimum Gasteiger partial charge on any atom is -0.369 e. The number of hydrogen-bond acceptors (Lipinski definition) is 5. The van der Waals surface area contributed by atoms with E-state index in [9.17, 15) is 4.79 Å². The van der Waals surface area contributed by atoms with Crippen LogP contribution in [0, 0.1) is 0 Å². The SMILES string of the molecule is C=CCNC(=O)c1cc(NCCN(C)C)ncn1. The summed E-state index contributed by atoms with van der Waals surface area (Å²) in [6.07, 6.45) is 3.00. The number of nitrogens with zero attached hydrogens (tertiary/aromatic N) is 3. The molecule has 0 aromatic carbocycles. The van der Waals surface area contributed by atoms with Crippen molar-refractivity contribution < 1.29 is 4.79 Å². The van der Waals surface area contributed by atoms with E-state index in [1.54, 1.807) is 12.1 Å². The minimum atomic E-state index is -0.229. The van der Waals surface area contributed by atoms with Gasteiger partial charge in [0.2, 0.25) is 0 Å². The van der Waals surface area contributed by atoms with Crippen molar-refractivity contribution in [2.45, 2.75) is 0 Å². The first-order valence-corrected chi connectivity index (χ1v) is 5.73. The molecule has 98 valence electrons. The van der Waals surface area contributed by atoms with E-state index < -0.39 is 0 Å². The summed E-state index contributed by atoms with van der Waals surface area (Å²) >= 11 is 0. The smallest absolute Gasteiger partial charge is 0.270 e. The fraction of sp³-hybridized carbons (Fsp3) is 0.417. The predicted octanol–water partition coefficient (Wildman–Crippen LogP) is 0.366. The summed E-state index contributed by atoms with van der Waals surface area (Å²) in [5, 5.41) is 5.80. The van der Waals surface area contributed by atoms with Crippen molar-refractivity contribution in [3.05, 3.63) is 30.7 Å². The maximum atomic E-state index is 11.7. The molecule has 0 aliphatic heterocycles. The normalized spacial score (nSPS) is 10.2. The molecular formula is C12H19N5O. The summed E-state index contributed by atoms with van der Waals surface area (Å²) in [6, 6.07) is 1.63. The molecule has 1 aromatic heterocycles. The van der Waals surface area contributed by atoms with Crippen LogP contribution >= 0.6 is 0 Å². The van der Waals surface area contributed by atoms with Gasteiger partial charge in [0, 0.05) is 25.7 Å². The molecule has 1 heterocycles. The lowest BCUT2D eigenvalue weighted by atomic mass is 10.3. The van der Waals surface area contributed by atoms with E-state index in [4.69, 9.17) is 0 Å². The molecule has 0 saturated heterocycles. The summed E-state index contributed by atoms with van der Waals surface area (Å²) in [5.41, 5.74) is 0.346. The third-order valence-corrected chi connectivity index (χ3v) is 2.17. The molecule has 0 radical (unpaired) electrons. The maximum absolute atomic E-state index is 11.7. The second-order valence-corrected chi connectivity index (χ2v) is 4.02. The van der Waals surface area contributed by atoms with E-state index in [1.165, 1.54) is 6.33 Å². The van der Waals surface area contributed by atoms with Gasteiger partial charge in [0.1, 0.15) is 17.8 Å². The van der Waals surface area contributed by atoms with Crippen LogP contribution in [0.25, 0.3) is 0 Å². The zero-order valence-corrected chi connectivity index (χ0v) is 10.8. The lowest BCUT2D eigenvalue weighted by Crippen LogP contribution is -2.25. The van der Waals surface area contributed by atoms with E-state index in [0.29, 0.717) is 18.1 Å². The van der Waals surface area contributed by atoms with Gasteiger partial charge >= 0.3 is 0 Å². The second kappa shape index (κ2) is 7.39. The van der Waals surface area contributed by atoms with Crippen LogP contribution in [0.5, 0.6) is 0 Å². The van der Waals surface area contributed by atoms with Crippen LogP contribution in [-0.4, -0.2) is 54.5 Å². The zero-order valence-electron chi connectivity index (χ0n) is 10.8. The molecule has 0 aliphatic rings. The molecular weight excluding hydrogens is 230 g/mol. The minimum absolute atomic E-state index is 0.229. The fourth-order valence-corrected chi connectivity index (χ4v) is 1.24. The van der Waals surface area contributed by atoms with Crippen molar-refractivity contribution in [2.24, 2.45) is 0 Å². The Kier molecular flexibility index (Phi) is 5.79. The number of likely N-dealkylation sites (N-methyl/N-ethyl adjacent to an activating group) is 1. The number of anilines is 1. The third kappa shape index (κ3) is 4.92. The lowest BCUT2D eigenvalue weighted by molar-refractivity contribution is 0.0953. The van der Waals surface area contributed by atoms with Gasteiger partial charge in [-0.3, -0.25) is 4.79 Å². The van der Waals surface area contributed by atoms with Gasteiger partial charge in [0.25, 0.3) is 5.91 Å².